The molecule has 0 amide bonds. The fourth-order valence-electron chi connectivity index (χ4n) is 2.50. The zero-order valence-electron chi connectivity index (χ0n) is 6.61. The zero-order chi connectivity index (χ0) is 8.72. The number of rotatable bonds is 2. The van der Waals surface area contributed by atoms with Crippen LogP contribution in [0.4, 0.5) is 0 Å². The van der Waals surface area contributed by atoms with Crippen molar-refractivity contribution in [2.75, 3.05) is 5.88 Å². The van der Waals surface area contributed by atoms with Gasteiger partial charge >= 0.3 is 5.97 Å². The fourth-order valence-corrected chi connectivity index (χ4v) is 2.92. The molecule has 0 saturated heterocycles. The average molecular weight is 187 g/mol. The van der Waals surface area contributed by atoms with E-state index in [0.717, 1.165) is 6.42 Å². The first-order valence-corrected chi connectivity index (χ1v) is 4.74. The molecule has 0 aliphatic heterocycles. The van der Waals surface area contributed by atoms with Crippen molar-refractivity contribution < 1.29 is 9.90 Å². The van der Waals surface area contributed by atoms with Gasteiger partial charge in [-0.2, -0.15) is 0 Å². The summed E-state index contributed by atoms with van der Waals surface area (Å²) in [6.07, 6.45) is 5.15. The Labute approximate surface area is 76.2 Å². The van der Waals surface area contributed by atoms with Gasteiger partial charge in [-0.05, 0) is 24.2 Å². The minimum Gasteiger partial charge on any atom is -0.481 e. The van der Waals surface area contributed by atoms with Crippen LogP contribution in [0.25, 0.3) is 0 Å². The van der Waals surface area contributed by atoms with Crippen molar-refractivity contribution in [2.24, 2.45) is 23.7 Å². The van der Waals surface area contributed by atoms with E-state index in [2.05, 4.69) is 6.08 Å². The standard InChI is InChI=1S/C9H11ClO2/c10-4-7-5-1-2-6(3-5)8(7)9(11)12/h1-2,5-8H,3-4H2,(H,11,12)/t5-,6+,7+,8+/m0/s1. The summed E-state index contributed by atoms with van der Waals surface area (Å²) in [7, 11) is 0. The minimum absolute atomic E-state index is 0.166. The Morgan fingerprint density at radius 2 is 2.17 bits per heavy atom. The molecule has 0 aromatic carbocycles. The summed E-state index contributed by atoms with van der Waals surface area (Å²) in [5, 5.41) is 8.94. The first-order chi connectivity index (χ1) is 5.74. The van der Waals surface area contributed by atoms with Gasteiger partial charge in [0.2, 0.25) is 0 Å². The quantitative estimate of drug-likeness (QED) is 0.527. The maximum atomic E-state index is 10.9. The monoisotopic (exact) mass is 186 g/mol. The molecule has 66 valence electrons. The van der Waals surface area contributed by atoms with Crippen molar-refractivity contribution in [1.82, 2.24) is 0 Å². The zero-order valence-corrected chi connectivity index (χ0v) is 7.37. The Morgan fingerprint density at radius 1 is 1.50 bits per heavy atom. The molecule has 1 fully saturated rings. The van der Waals surface area contributed by atoms with Crippen molar-refractivity contribution in [2.45, 2.75) is 6.42 Å². The van der Waals surface area contributed by atoms with Gasteiger partial charge in [0.1, 0.15) is 0 Å². The second-order valence-electron chi connectivity index (χ2n) is 3.63. The molecule has 2 bridgehead atoms. The third kappa shape index (κ3) is 0.977. The van der Waals surface area contributed by atoms with Crippen LogP contribution >= 0.6 is 11.6 Å². The highest BCUT2D eigenvalue weighted by Crippen LogP contribution is 2.48. The Morgan fingerprint density at radius 3 is 2.67 bits per heavy atom. The molecule has 12 heavy (non-hydrogen) atoms. The van der Waals surface area contributed by atoms with Crippen LogP contribution in [0.1, 0.15) is 6.42 Å². The van der Waals surface area contributed by atoms with Gasteiger partial charge in [0.25, 0.3) is 0 Å². The van der Waals surface area contributed by atoms with E-state index in [1.165, 1.54) is 0 Å². The SMILES string of the molecule is O=C(O)[C@H]1[C@H](CCl)[C@H]2C=C[C@@H]1C2. The summed E-state index contributed by atoms with van der Waals surface area (Å²) in [6, 6.07) is 0. The van der Waals surface area contributed by atoms with Crippen LogP contribution in [-0.2, 0) is 4.79 Å². The Kier molecular flexibility index (Phi) is 1.87. The summed E-state index contributed by atoms with van der Waals surface area (Å²) in [5.41, 5.74) is 0. The lowest BCUT2D eigenvalue weighted by atomic mass is 9.84. The lowest BCUT2D eigenvalue weighted by Crippen LogP contribution is -2.28. The van der Waals surface area contributed by atoms with Gasteiger partial charge in [0, 0.05) is 5.88 Å². The largest absolute Gasteiger partial charge is 0.481 e. The van der Waals surface area contributed by atoms with E-state index in [4.69, 9.17) is 16.7 Å². The van der Waals surface area contributed by atoms with Crippen LogP contribution in [0.3, 0.4) is 0 Å². The number of hydrogen-bond acceptors (Lipinski definition) is 1. The first kappa shape index (κ1) is 8.11. The molecule has 0 spiro atoms. The van der Waals surface area contributed by atoms with E-state index in [-0.39, 0.29) is 17.8 Å². The molecule has 3 heteroatoms. The third-order valence-corrected chi connectivity index (χ3v) is 3.44. The summed E-state index contributed by atoms with van der Waals surface area (Å²) in [4.78, 5) is 10.9. The number of carboxylic acid groups (broad SMARTS) is 1. The lowest BCUT2D eigenvalue weighted by molar-refractivity contribution is -0.143. The van der Waals surface area contributed by atoms with Crippen molar-refractivity contribution >= 4 is 17.6 Å². The van der Waals surface area contributed by atoms with Gasteiger partial charge < -0.3 is 5.11 Å². The van der Waals surface area contributed by atoms with E-state index in [0.29, 0.717) is 11.8 Å². The predicted octanol–water partition coefficient (Wildman–Crippen LogP) is 1.75. The van der Waals surface area contributed by atoms with Crippen LogP contribution in [0, 0.1) is 23.7 Å². The molecule has 4 atom stereocenters. The molecule has 0 aromatic heterocycles. The molecule has 0 radical (unpaired) electrons. The van der Waals surface area contributed by atoms with Crippen LogP contribution in [0.2, 0.25) is 0 Å². The van der Waals surface area contributed by atoms with Gasteiger partial charge in [-0.1, -0.05) is 12.2 Å². The topological polar surface area (TPSA) is 37.3 Å². The second-order valence-corrected chi connectivity index (χ2v) is 3.94. The van der Waals surface area contributed by atoms with Crippen molar-refractivity contribution in [3.8, 4) is 0 Å². The molecule has 1 saturated carbocycles. The molecule has 2 aliphatic rings. The highest BCUT2D eigenvalue weighted by molar-refractivity contribution is 6.18. The summed E-state index contributed by atoms with van der Waals surface area (Å²) >= 11 is 5.74. The minimum atomic E-state index is -0.683. The summed E-state index contributed by atoms with van der Waals surface area (Å²) in [6.45, 7) is 0. The number of halogens is 1. The van der Waals surface area contributed by atoms with E-state index in [1.807, 2.05) is 6.08 Å². The number of carbonyl (C=O) groups is 1. The molecule has 0 heterocycles. The van der Waals surface area contributed by atoms with E-state index in [9.17, 15) is 4.79 Å². The maximum Gasteiger partial charge on any atom is 0.307 e. The van der Waals surface area contributed by atoms with Crippen LogP contribution in [0.15, 0.2) is 12.2 Å². The first-order valence-electron chi connectivity index (χ1n) is 4.21. The van der Waals surface area contributed by atoms with Gasteiger partial charge in [-0.3, -0.25) is 4.79 Å². The van der Waals surface area contributed by atoms with Gasteiger partial charge in [0.05, 0.1) is 5.92 Å². The van der Waals surface area contributed by atoms with E-state index in [1.54, 1.807) is 0 Å². The molecule has 0 aromatic rings. The number of hydrogen-bond donors (Lipinski definition) is 1. The lowest BCUT2D eigenvalue weighted by Gasteiger charge is -2.21. The number of alkyl halides is 1. The van der Waals surface area contributed by atoms with E-state index >= 15 is 0 Å². The molecular formula is C9H11ClO2. The number of aliphatic carboxylic acids is 1. The highest BCUT2D eigenvalue weighted by Gasteiger charge is 2.47. The molecule has 2 aliphatic carbocycles. The highest BCUT2D eigenvalue weighted by atomic mass is 35.5. The average Bonchev–Trinajstić information content (AvgIpc) is 2.60. The van der Waals surface area contributed by atoms with Gasteiger partial charge in [0.15, 0.2) is 0 Å². The Bertz CT molecular complexity index is 237. The van der Waals surface area contributed by atoms with Crippen molar-refractivity contribution in [1.29, 1.82) is 0 Å². The number of allylic oxidation sites excluding steroid dienone is 2. The molecule has 2 nitrogen and oxygen atoms in total. The van der Waals surface area contributed by atoms with Crippen LogP contribution < -0.4 is 0 Å². The Balaban J connectivity index is 2.23. The number of carboxylic acids is 1. The molecular weight excluding hydrogens is 176 g/mol. The normalized spacial score (nSPS) is 43.8. The van der Waals surface area contributed by atoms with Crippen molar-refractivity contribution in [3.05, 3.63) is 12.2 Å². The van der Waals surface area contributed by atoms with E-state index < -0.39 is 5.97 Å². The summed E-state index contributed by atoms with van der Waals surface area (Å²) in [5.74, 6) is 0.404. The Hall–Kier alpha value is -0.500. The predicted molar refractivity (Wildman–Crippen MR) is 46.1 cm³/mol. The van der Waals surface area contributed by atoms with Gasteiger partial charge in [-0.15, -0.1) is 11.6 Å². The summed E-state index contributed by atoms with van der Waals surface area (Å²) < 4.78 is 0. The fraction of sp³-hybridized carbons (Fsp3) is 0.667. The molecule has 1 N–H and O–H groups in total. The number of fused-ring (bicyclic) bond motifs is 2. The second kappa shape index (κ2) is 2.77. The van der Waals surface area contributed by atoms with Crippen molar-refractivity contribution in [3.63, 3.8) is 0 Å². The molecule has 0 unspecified atom stereocenters. The third-order valence-electron chi connectivity index (χ3n) is 3.09. The molecule has 2 rings (SSSR count). The smallest absolute Gasteiger partial charge is 0.307 e. The van der Waals surface area contributed by atoms with Crippen LogP contribution in [0.5, 0.6) is 0 Å². The van der Waals surface area contributed by atoms with Gasteiger partial charge in [-0.25, -0.2) is 0 Å². The maximum absolute atomic E-state index is 10.9. The van der Waals surface area contributed by atoms with Crippen LogP contribution in [-0.4, -0.2) is 17.0 Å².